The zero-order chi connectivity index (χ0) is 19.5. The Morgan fingerprint density at radius 3 is 2.82 bits per heavy atom. The fourth-order valence-corrected chi connectivity index (χ4v) is 2.81. The van der Waals surface area contributed by atoms with Crippen molar-refractivity contribution in [3.63, 3.8) is 0 Å². The van der Waals surface area contributed by atoms with Crippen LogP contribution in [-0.4, -0.2) is 33.0 Å². The van der Waals surface area contributed by atoms with Gasteiger partial charge in [0, 0.05) is 35.3 Å². The van der Waals surface area contributed by atoms with E-state index >= 15 is 0 Å². The van der Waals surface area contributed by atoms with Gasteiger partial charge < -0.3 is 15.8 Å². The molecule has 0 fully saturated rings. The quantitative estimate of drug-likeness (QED) is 0.504. The number of methoxy groups -OCH3 is 1. The summed E-state index contributed by atoms with van der Waals surface area (Å²) in [6.45, 7) is 0. The maximum Gasteiger partial charge on any atom is 0.324 e. The van der Waals surface area contributed by atoms with Crippen molar-refractivity contribution in [3.8, 4) is 16.9 Å². The molecule has 0 saturated heterocycles. The van der Waals surface area contributed by atoms with Crippen molar-refractivity contribution in [3.05, 3.63) is 60.9 Å². The van der Waals surface area contributed by atoms with Gasteiger partial charge in [-0.1, -0.05) is 17.3 Å². The Kier molecular flexibility index (Phi) is 4.47. The van der Waals surface area contributed by atoms with Crippen molar-refractivity contribution in [2.75, 3.05) is 23.5 Å². The van der Waals surface area contributed by atoms with E-state index < -0.39 is 6.03 Å². The summed E-state index contributed by atoms with van der Waals surface area (Å²) in [6, 6.07) is 14.0. The largest absolute Gasteiger partial charge is 0.497 e. The highest BCUT2D eigenvalue weighted by atomic mass is 16.5. The van der Waals surface area contributed by atoms with Crippen molar-refractivity contribution in [2.24, 2.45) is 0 Å². The fraction of sp³-hybridized carbons (Fsp3) is 0.0526. The summed E-state index contributed by atoms with van der Waals surface area (Å²) >= 11 is 0. The number of urea groups is 1. The van der Waals surface area contributed by atoms with Gasteiger partial charge in [-0.15, -0.1) is 5.10 Å². The van der Waals surface area contributed by atoms with Gasteiger partial charge in [0.2, 0.25) is 0 Å². The third kappa shape index (κ3) is 3.40. The first-order chi connectivity index (χ1) is 13.6. The van der Waals surface area contributed by atoms with Crippen molar-refractivity contribution in [1.29, 1.82) is 0 Å². The first kappa shape index (κ1) is 17.3. The third-order valence-electron chi connectivity index (χ3n) is 4.11. The molecule has 0 radical (unpaired) electrons. The molecule has 4 rings (SSSR count). The molecule has 3 heterocycles. The molecular weight excluding hydrogens is 358 g/mol. The lowest BCUT2D eigenvalue weighted by Crippen LogP contribution is -2.20. The zero-order valence-corrected chi connectivity index (χ0v) is 15.0. The predicted octanol–water partition coefficient (Wildman–Crippen LogP) is 3.03. The number of nitrogens with one attached hydrogen (secondary N) is 2. The van der Waals surface area contributed by atoms with Crippen LogP contribution in [0.1, 0.15) is 0 Å². The number of nitrogens with zero attached hydrogens (tertiary/aromatic N) is 4. The molecule has 3 aromatic heterocycles. The Morgan fingerprint density at radius 1 is 1.14 bits per heavy atom. The van der Waals surface area contributed by atoms with Gasteiger partial charge in [-0.05, 0) is 30.3 Å². The van der Waals surface area contributed by atoms with E-state index in [0.29, 0.717) is 28.6 Å². The lowest BCUT2D eigenvalue weighted by molar-refractivity contribution is 0.262. The molecule has 28 heavy (non-hydrogen) atoms. The number of pyridine rings is 2. The summed E-state index contributed by atoms with van der Waals surface area (Å²) < 4.78 is 6.75. The molecule has 9 heteroatoms. The number of aromatic nitrogens is 4. The SMILES string of the molecule is COc1cccc(NC(=O)Nc2ccc(-c3cccn4nnc(N)c34)cn2)c1. The highest BCUT2D eigenvalue weighted by Gasteiger charge is 2.11. The number of rotatable bonds is 4. The van der Waals surface area contributed by atoms with Crippen LogP contribution in [0.3, 0.4) is 0 Å². The molecule has 4 N–H and O–H groups in total. The number of fused-ring (bicyclic) bond motifs is 1. The van der Waals surface area contributed by atoms with Crippen LogP contribution >= 0.6 is 0 Å². The third-order valence-corrected chi connectivity index (χ3v) is 4.11. The molecule has 0 spiro atoms. The molecule has 0 unspecified atom stereocenters. The maximum absolute atomic E-state index is 12.2. The van der Waals surface area contributed by atoms with E-state index in [1.165, 1.54) is 0 Å². The minimum Gasteiger partial charge on any atom is -0.497 e. The second kappa shape index (κ2) is 7.23. The molecule has 1 aromatic carbocycles. The molecule has 0 saturated carbocycles. The molecule has 0 bridgehead atoms. The van der Waals surface area contributed by atoms with Crippen molar-refractivity contribution in [2.45, 2.75) is 0 Å². The minimum atomic E-state index is -0.403. The van der Waals surface area contributed by atoms with E-state index in [1.807, 2.05) is 18.2 Å². The minimum absolute atomic E-state index is 0.343. The number of hydrogen-bond acceptors (Lipinski definition) is 6. The number of amides is 2. The summed E-state index contributed by atoms with van der Waals surface area (Å²) in [7, 11) is 1.57. The average Bonchev–Trinajstić information content (AvgIpc) is 3.10. The molecule has 0 aliphatic rings. The standard InChI is InChI=1S/C19H17N7O2/c1-28-14-5-2-4-13(10-14)22-19(27)23-16-8-7-12(11-21-16)15-6-3-9-26-17(15)18(20)24-25-26/h2-11H,20H2,1H3,(H2,21,22,23,27). The van der Waals surface area contributed by atoms with Crippen LogP contribution in [0, 0.1) is 0 Å². The van der Waals surface area contributed by atoms with Gasteiger partial charge >= 0.3 is 6.03 Å². The molecule has 0 aliphatic heterocycles. The van der Waals surface area contributed by atoms with Gasteiger partial charge in [-0.3, -0.25) is 5.32 Å². The number of nitrogens with two attached hydrogens (primary N) is 1. The fourth-order valence-electron chi connectivity index (χ4n) is 2.81. The van der Waals surface area contributed by atoms with Crippen LogP contribution in [0.4, 0.5) is 22.1 Å². The number of carbonyl (C=O) groups excluding carboxylic acids is 1. The molecular formula is C19H17N7O2. The normalized spacial score (nSPS) is 10.6. The number of hydrogen-bond donors (Lipinski definition) is 3. The second-order valence-electron chi connectivity index (χ2n) is 5.93. The van der Waals surface area contributed by atoms with Gasteiger partial charge in [0.05, 0.1) is 7.11 Å². The molecule has 4 aromatic rings. The molecule has 0 atom stereocenters. The predicted molar refractivity (Wildman–Crippen MR) is 106 cm³/mol. The van der Waals surface area contributed by atoms with Crippen LogP contribution in [0.25, 0.3) is 16.6 Å². The summed E-state index contributed by atoms with van der Waals surface area (Å²) in [5.41, 5.74) is 8.92. The number of carbonyl (C=O) groups is 1. The summed E-state index contributed by atoms with van der Waals surface area (Å²) in [4.78, 5) is 16.5. The van der Waals surface area contributed by atoms with Crippen LogP contribution in [0.2, 0.25) is 0 Å². The molecule has 2 amide bonds. The highest BCUT2D eigenvalue weighted by Crippen LogP contribution is 2.27. The van der Waals surface area contributed by atoms with Gasteiger partial charge in [0.15, 0.2) is 5.82 Å². The lowest BCUT2D eigenvalue weighted by atomic mass is 10.1. The van der Waals surface area contributed by atoms with E-state index in [0.717, 1.165) is 11.1 Å². The second-order valence-corrected chi connectivity index (χ2v) is 5.93. The van der Waals surface area contributed by atoms with E-state index in [9.17, 15) is 4.79 Å². The first-order valence-corrected chi connectivity index (χ1v) is 8.42. The first-order valence-electron chi connectivity index (χ1n) is 8.42. The average molecular weight is 375 g/mol. The monoisotopic (exact) mass is 375 g/mol. The van der Waals surface area contributed by atoms with Crippen LogP contribution in [0.15, 0.2) is 60.9 Å². The van der Waals surface area contributed by atoms with Crippen molar-refractivity contribution < 1.29 is 9.53 Å². The number of anilines is 3. The number of ether oxygens (including phenoxy) is 1. The van der Waals surface area contributed by atoms with E-state index in [2.05, 4.69) is 25.9 Å². The van der Waals surface area contributed by atoms with E-state index in [1.54, 1.807) is 54.4 Å². The Labute approximate surface area is 160 Å². The summed E-state index contributed by atoms with van der Waals surface area (Å²) in [6.07, 6.45) is 3.43. The maximum atomic E-state index is 12.2. The van der Waals surface area contributed by atoms with E-state index in [4.69, 9.17) is 10.5 Å². The van der Waals surface area contributed by atoms with Crippen LogP contribution in [0.5, 0.6) is 5.75 Å². The van der Waals surface area contributed by atoms with Gasteiger partial charge in [0.1, 0.15) is 17.1 Å². The van der Waals surface area contributed by atoms with Crippen molar-refractivity contribution >= 4 is 28.9 Å². The number of nitrogen functional groups attached to an aromatic ring is 1. The molecule has 140 valence electrons. The highest BCUT2D eigenvalue weighted by molar-refractivity contribution is 5.99. The van der Waals surface area contributed by atoms with Crippen LogP contribution < -0.4 is 21.1 Å². The van der Waals surface area contributed by atoms with E-state index in [-0.39, 0.29) is 0 Å². The Hall–Kier alpha value is -4.14. The zero-order valence-electron chi connectivity index (χ0n) is 15.0. The van der Waals surface area contributed by atoms with Gasteiger partial charge in [0.25, 0.3) is 0 Å². The summed E-state index contributed by atoms with van der Waals surface area (Å²) in [5, 5.41) is 13.3. The smallest absolute Gasteiger partial charge is 0.324 e. The van der Waals surface area contributed by atoms with Crippen LogP contribution in [-0.2, 0) is 0 Å². The van der Waals surface area contributed by atoms with Crippen molar-refractivity contribution in [1.82, 2.24) is 19.8 Å². The topological polar surface area (TPSA) is 119 Å². The lowest BCUT2D eigenvalue weighted by Gasteiger charge is -2.09. The van der Waals surface area contributed by atoms with Gasteiger partial charge in [-0.2, -0.15) is 0 Å². The molecule has 9 nitrogen and oxygen atoms in total. The molecule has 0 aliphatic carbocycles. The Morgan fingerprint density at radius 2 is 2.04 bits per heavy atom. The Bertz CT molecular complexity index is 1140. The number of benzene rings is 1. The Balaban J connectivity index is 1.50. The van der Waals surface area contributed by atoms with Gasteiger partial charge in [-0.25, -0.2) is 14.3 Å². The summed E-state index contributed by atoms with van der Waals surface area (Å²) in [5.74, 6) is 1.41.